The van der Waals surface area contributed by atoms with Crippen molar-refractivity contribution in [2.75, 3.05) is 32.7 Å². The molecule has 0 amide bonds. The lowest BCUT2D eigenvalue weighted by atomic mass is 10.1. The zero-order valence-electron chi connectivity index (χ0n) is 11.7. The smallest absolute Gasteiger partial charge is 0.129 e. The summed E-state index contributed by atoms with van der Waals surface area (Å²) in [5, 5.41) is 18.1. The average molecular weight is 277 g/mol. The van der Waals surface area contributed by atoms with Gasteiger partial charge in [-0.05, 0) is 19.1 Å². The normalized spacial score (nSPS) is 18.7. The van der Waals surface area contributed by atoms with E-state index in [1.54, 1.807) is 19.1 Å². The molecule has 0 saturated carbocycles. The van der Waals surface area contributed by atoms with E-state index < -0.39 is 0 Å². The van der Waals surface area contributed by atoms with Crippen LogP contribution in [0.4, 0.5) is 4.39 Å². The van der Waals surface area contributed by atoms with Gasteiger partial charge in [0.15, 0.2) is 0 Å². The average Bonchev–Trinajstić information content (AvgIpc) is 2.42. The molecule has 0 spiro atoms. The summed E-state index contributed by atoms with van der Waals surface area (Å²) in [6, 6.07) is 6.57. The molecule has 1 saturated heterocycles. The molecule has 1 unspecified atom stereocenters. The van der Waals surface area contributed by atoms with Gasteiger partial charge in [-0.2, -0.15) is 5.26 Å². The Hall–Kier alpha value is -1.48. The Labute approximate surface area is 119 Å². The molecule has 0 aliphatic carbocycles. The van der Waals surface area contributed by atoms with Crippen molar-refractivity contribution in [1.82, 2.24) is 9.80 Å². The van der Waals surface area contributed by atoms with Crippen molar-refractivity contribution in [1.29, 1.82) is 5.26 Å². The second-order valence-electron chi connectivity index (χ2n) is 5.34. The lowest BCUT2D eigenvalue weighted by molar-refractivity contribution is 0.0777. The SMILES string of the molecule is CC(O)CN1CCN(Cc2ccc(C#N)cc2F)CC1. The third-order valence-corrected chi connectivity index (χ3v) is 3.56. The van der Waals surface area contributed by atoms with Gasteiger partial charge in [-0.25, -0.2) is 4.39 Å². The van der Waals surface area contributed by atoms with E-state index in [0.717, 1.165) is 26.2 Å². The quantitative estimate of drug-likeness (QED) is 0.898. The van der Waals surface area contributed by atoms with Crippen LogP contribution < -0.4 is 0 Å². The minimum absolute atomic E-state index is 0.308. The van der Waals surface area contributed by atoms with Gasteiger partial charge in [0, 0.05) is 44.8 Å². The number of piperazine rings is 1. The number of hydrogen-bond donors (Lipinski definition) is 1. The Kier molecular flexibility index (Phi) is 5.07. The topological polar surface area (TPSA) is 50.5 Å². The van der Waals surface area contributed by atoms with Gasteiger partial charge in [-0.15, -0.1) is 0 Å². The Morgan fingerprint density at radius 3 is 2.50 bits per heavy atom. The summed E-state index contributed by atoms with van der Waals surface area (Å²) < 4.78 is 13.8. The van der Waals surface area contributed by atoms with E-state index >= 15 is 0 Å². The molecule has 2 rings (SSSR count). The van der Waals surface area contributed by atoms with Crippen LogP contribution in [-0.4, -0.2) is 53.7 Å². The molecule has 4 nitrogen and oxygen atoms in total. The van der Waals surface area contributed by atoms with Crippen LogP contribution in [0.25, 0.3) is 0 Å². The first-order valence-corrected chi connectivity index (χ1v) is 6.90. The number of rotatable bonds is 4. The van der Waals surface area contributed by atoms with Gasteiger partial charge in [-0.3, -0.25) is 9.80 Å². The Morgan fingerprint density at radius 2 is 1.95 bits per heavy atom. The molecule has 0 aromatic heterocycles. The van der Waals surface area contributed by atoms with Crippen LogP contribution in [0.2, 0.25) is 0 Å². The minimum atomic E-state index is -0.310. The highest BCUT2D eigenvalue weighted by Gasteiger charge is 2.18. The number of nitriles is 1. The van der Waals surface area contributed by atoms with E-state index in [1.807, 2.05) is 6.07 Å². The monoisotopic (exact) mass is 277 g/mol. The predicted octanol–water partition coefficient (Wildman–Crippen LogP) is 1.20. The first-order chi connectivity index (χ1) is 9.58. The standard InChI is InChI=1S/C15H20FN3O/c1-12(20)10-18-4-6-19(7-5-18)11-14-3-2-13(9-17)8-15(14)16/h2-3,8,12,20H,4-7,10-11H2,1H3. The van der Waals surface area contributed by atoms with Gasteiger partial charge in [0.05, 0.1) is 17.7 Å². The summed E-state index contributed by atoms with van der Waals surface area (Å²) in [5.74, 6) is -0.310. The van der Waals surface area contributed by atoms with Crippen molar-refractivity contribution in [3.63, 3.8) is 0 Å². The minimum Gasteiger partial charge on any atom is -0.392 e. The summed E-state index contributed by atoms with van der Waals surface area (Å²) >= 11 is 0. The molecule has 1 aromatic rings. The predicted molar refractivity (Wildman–Crippen MR) is 74.5 cm³/mol. The van der Waals surface area contributed by atoms with Crippen LogP contribution in [0.15, 0.2) is 18.2 Å². The number of halogens is 1. The Balaban J connectivity index is 1.88. The fraction of sp³-hybridized carbons (Fsp3) is 0.533. The molecular weight excluding hydrogens is 257 g/mol. The summed E-state index contributed by atoms with van der Waals surface area (Å²) in [4.78, 5) is 4.42. The molecule has 5 heteroatoms. The Bertz CT molecular complexity index is 490. The van der Waals surface area contributed by atoms with E-state index in [2.05, 4.69) is 9.80 Å². The highest BCUT2D eigenvalue weighted by Crippen LogP contribution is 2.14. The van der Waals surface area contributed by atoms with Crippen LogP contribution in [0.5, 0.6) is 0 Å². The van der Waals surface area contributed by atoms with E-state index in [1.165, 1.54) is 6.07 Å². The largest absolute Gasteiger partial charge is 0.392 e. The van der Waals surface area contributed by atoms with Crippen LogP contribution in [0.3, 0.4) is 0 Å². The zero-order valence-corrected chi connectivity index (χ0v) is 11.7. The van der Waals surface area contributed by atoms with Crippen molar-refractivity contribution < 1.29 is 9.50 Å². The zero-order chi connectivity index (χ0) is 14.5. The van der Waals surface area contributed by atoms with Gasteiger partial charge in [0.25, 0.3) is 0 Å². The van der Waals surface area contributed by atoms with E-state index in [4.69, 9.17) is 5.26 Å². The molecule has 1 atom stereocenters. The van der Waals surface area contributed by atoms with Crippen LogP contribution >= 0.6 is 0 Å². The van der Waals surface area contributed by atoms with Crippen molar-refractivity contribution in [2.24, 2.45) is 0 Å². The second-order valence-corrected chi connectivity index (χ2v) is 5.34. The van der Waals surface area contributed by atoms with Crippen molar-refractivity contribution in [2.45, 2.75) is 19.6 Å². The van der Waals surface area contributed by atoms with Gasteiger partial charge >= 0.3 is 0 Å². The molecule has 1 aliphatic heterocycles. The first-order valence-electron chi connectivity index (χ1n) is 6.90. The van der Waals surface area contributed by atoms with Crippen molar-refractivity contribution in [3.8, 4) is 6.07 Å². The number of benzene rings is 1. The van der Waals surface area contributed by atoms with E-state index in [-0.39, 0.29) is 11.9 Å². The van der Waals surface area contributed by atoms with E-state index in [9.17, 15) is 9.50 Å². The maximum atomic E-state index is 13.8. The summed E-state index contributed by atoms with van der Waals surface area (Å²) in [5.41, 5.74) is 0.987. The van der Waals surface area contributed by atoms with Gasteiger partial charge in [-0.1, -0.05) is 6.07 Å². The number of aliphatic hydroxyl groups is 1. The van der Waals surface area contributed by atoms with Crippen LogP contribution in [0.1, 0.15) is 18.1 Å². The highest BCUT2D eigenvalue weighted by atomic mass is 19.1. The van der Waals surface area contributed by atoms with Gasteiger partial charge < -0.3 is 5.11 Å². The van der Waals surface area contributed by atoms with Gasteiger partial charge in [0.1, 0.15) is 5.82 Å². The first kappa shape index (κ1) is 14.9. The highest BCUT2D eigenvalue weighted by molar-refractivity contribution is 5.32. The maximum absolute atomic E-state index is 13.8. The summed E-state index contributed by atoms with van der Waals surface area (Å²) in [6.07, 6.45) is -0.308. The number of aliphatic hydroxyl groups excluding tert-OH is 1. The molecule has 1 heterocycles. The molecule has 20 heavy (non-hydrogen) atoms. The Morgan fingerprint density at radius 1 is 1.30 bits per heavy atom. The molecule has 1 N–H and O–H groups in total. The van der Waals surface area contributed by atoms with Crippen LogP contribution in [-0.2, 0) is 6.54 Å². The third-order valence-electron chi connectivity index (χ3n) is 3.56. The number of nitrogens with zero attached hydrogens (tertiary/aromatic N) is 3. The third kappa shape index (κ3) is 4.01. The molecule has 0 radical (unpaired) electrons. The molecule has 0 bridgehead atoms. The molecule has 1 fully saturated rings. The second kappa shape index (κ2) is 6.80. The molecule has 1 aliphatic rings. The maximum Gasteiger partial charge on any atom is 0.129 e. The van der Waals surface area contributed by atoms with Crippen LogP contribution in [0, 0.1) is 17.1 Å². The number of β-amino-alcohol motifs (C(OH)–C–C–N with tert-alkyl or cyclic N) is 1. The van der Waals surface area contributed by atoms with Gasteiger partial charge in [0.2, 0.25) is 0 Å². The molecule has 1 aromatic carbocycles. The lowest BCUT2D eigenvalue weighted by Crippen LogP contribution is -2.47. The fourth-order valence-electron chi connectivity index (χ4n) is 2.49. The van der Waals surface area contributed by atoms with Crippen molar-refractivity contribution in [3.05, 3.63) is 35.1 Å². The lowest BCUT2D eigenvalue weighted by Gasteiger charge is -2.35. The summed E-state index contributed by atoms with van der Waals surface area (Å²) in [6.45, 7) is 6.57. The molecule has 108 valence electrons. The fourth-order valence-corrected chi connectivity index (χ4v) is 2.49. The summed E-state index contributed by atoms with van der Waals surface area (Å²) in [7, 11) is 0. The number of hydrogen-bond acceptors (Lipinski definition) is 4. The molecular formula is C15H20FN3O. The van der Waals surface area contributed by atoms with E-state index in [0.29, 0.717) is 24.2 Å². The van der Waals surface area contributed by atoms with Crippen molar-refractivity contribution >= 4 is 0 Å².